The van der Waals surface area contributed by atoms with Crippen LogP contribution in [0.15, 0.2) is 36.7 Å². The van der Waals surface area contributed by atoms with Gasteiger partial charge in [0.1, 0.15) is 24.1 Å². The van der Waals surface area contributed by atoms with E-state index >= 15 is 0 Å². The van der Waals surface area contributed by atoms with Gasteiger partial charge < -0.3 is 14.8 Å². The number of piperidine rings is 1. The van der Waals surface area contributed by atoms with Gasteiger partial charge in [0.25, 0.3) is 10.2 Å². The fourth-order valence-corrected chi connectivity index (χ4v) is 5.03. The molecule has 0 aliphatic carbocycles. The molecule has 1 aromatic heterocycles. The number of nitrogens with zero attached hydrogens (tertiary/aromatic N) is 4. The van der Waals surface area contributed by atoms with Gasteiger partial charge in [0, 0.05) is 44.3 Å². The summed E-state index contributed by atoms with van der Waals surface area (Å²) >= 11 is 5.90. The second-order valence-electron chi connectivity index (χ2n) is 8.00. The molecular formula is C22H25ClFN5O4S. The Morgan fingerprint density at radius 2 is 1.88 bits per heavy atom. The quantitative estimate of drug-likeness (QED) is 0.517. The van der Waals surface area contributed by atoms with Gasteiger partial charge in [-0.1, -0.05) is 11.6 Å². The highest BCUT2D eigenvalue weighted by molar-refractivity contribution is 7.86. The largest absolute Gasteiger partial charge is 0.493 e. The minimum Gasteiger partial charge on any atom is -0.493 e. The smallest absolute Gasteiger partial charge is 0.281 e. The second kappa shape index (κ2) is 9.87. The highest BCUT2D eigenvalue weighted by atomic mass is 35.5. The number of halogens is 2. The summed E-state index contributed by atoms with van der Waals surface area (Å²) in [4.78, 5) is 8.63. The molecule has 0 radical (unpaired) electrons. The third-order valence-electron chi connectivity index (χ3n) is 5.59. The maximum absolute atomic E-state index is 13.5. The topological polar surface area (TPSA) is 96.9 Å². The Bertz CT molecular complexity index is 1300. The zero-order valence-electron chi connectivity index (χ0n) is 19.0. The van der Waals surface area contributed by atoms with Crippen LogP contribution in [-0.4, -0.2) is 67.4 Å². The Labute approximate surface area is 202 Å². The van der Waals surface area contributed by atoms with E-state index in [1.54, 1.807) is 25.3 Å². The van der Waals surface area contributed by atoms with Crippen molar-refractivity contribution in [3.8, 4) is 11.5 Å². The maximum atomic E-state index is 13.5. The van der Waals surface area contributed by atoms with E-state index in [0.717, 1.165) is 0 Å². The van der Waals surface area contributed by atoms with Gasteiger partial charge in [-0.05, 0) is 37.1 Å². The van der Waals surface area contributed by atoms with Gasteiger partial charge in [-0.15, -0.1) is 0 Å². The Balaban J connectivity index is 1.58. The van der Waals surface area contributed by atoms with Gasteiger partial charge in [0.05, 0.1) is 17.6 Å². The number of aromatic nitrogens is 2. The molecule has 2 heterocycles. The fraction of sp³-hybridized carbons (Fsp3) is 0.364. The first-order valence-electron chi connectivity index (χ1n) is 10.6. The van der Waals surface area contributed by atoms with Crippen molar-refractivity contribution in [1.29, 1.82) is 0 Å². The lowest BCUT2D eigenvalue weighted by molar-refractivity contribution is 0.129. The molecule has 12 heteroatoms. The predicted molar refractivity (Wildman–Crippen MR) is 129 cm³/mol. The van der Waals surface area contributed by atoms with Gasteiger partial charge >= 0.3 is 0 Å². The fourth-order valence-electron chi connectivity index (χ4n) is 3.72. The van der Waals surface area contributed by atoms with Gasteiger partial charge in [0.2, 0.25) is 0 Å². The van der Waals surface area contributed by atoms with Crippen LogP contribution < -0.4 is 14.8 Å². The molecule has 1 fully saturated rings. The molecule has 0 saturated carbocycles. The Hall–Kier alpha value is -2.73. The number of hydrogen-bond donors (Lipinski definition) is 1. The van der Waals surface area contributed by atoms with Crippen LogP contribution in [0.3, 0.4) is 0 Å². The molecule has 182 valence electrons. The van der Waals surface area contributed by atoms with Gasteiger partial charge in [-0.2, -0.15) is 17.0 Å². The van der Waals surface area contributed by atoms with E-state index in [0.29, 0.717) is 59.8 Å². The number of nitrogens with one attached hydrogen (secondary N) is 1. The molecule has 0 amide bonds. The number of anilines is 2. The first-order valence-corrected chi connectivity index (χ1v) is 12.4. The number of hydrogen-bond acceptors (Lipinski definition) is 7. The molecular weight excluding hydrogens is 485 g/mol. The average Bonchev–Trinajstić information content (AvgIpc) is 2.81. The second-order valence-corrected chi connectivity index (χ2v) is 10.6. The van der Waals surface area contributed by atoms with E-state index < -0.39 is 16.0 Å². The lowest BCUT2D eigenvalue weighted by Crippen LogP contribution is -2.46. The number of fused-ring (bicyclic) bond motifs is 1. The molecule has 1 N–H and O–H groups in total. The molecule has 0 unspecified atom stereocenters. The van der Waals surface area contributed by atoms with Crippen LogP contribution in [0.25, 0.3) is 10.9 Å². The highest BCUT2D eigenvalue weighted by Gasteiger charge is 2.30. The Morgan fingerprint density at radius 1 is 1.15 bits per heavy atom. The summed E-state index contributed by atoms with van der Waals surface area (Å²) in [6.07, 6.45) is 2.31. The Kier molecular flexibility index (Phi) is 7.08. The molecule has 1 saturated heterocycles. The lowest BCUT2D eigenvalue weighted by atomic mass is 10.1. The summed E-state index contributed by atoms with van der Waals surface area (Å²) < 4.78 is 52.7. The third-order valence-corrected chi connectivity index (χ3v) is 7.82. The lowest BCUT2D eigenvalue weighted by Gasteiger charge is -2.33. The van der Waals surface area contributed by atoms with E-state index in [-0.39, 0.29) is 11.1 Å². The number of benzene rings is 2. The summed E-state index contributed by atoms with van der Waals surface area (Å²) in [5.74, 6) is 0.987. The monoisotopic (exact) mass is 509 g/mol. The zero-order valence-corrected chi connectivity index (χ0v) is 20.5. The van der Waals surface area contributed by atoms with Crippen LogP contribution in [0, 0.1) is 5.82 Å². The van der Waals surface area contributed by atoms with Crippen LogP contribution >= 0.6 is 11.6 Å². The normalized spacial score (nSPS) is 15.6. The molecule has 2 aromatic carbocycles. The van der Waals surface area contributed by atoms with Crippen molar-refractivity contribution < 1.29 is 22.3 Å². The first kappa shape index (κ1) is 24.4. The summed E-state index contributed by atoms with van der Waals surface area (Å²) in [6.45, 7) is 0.727. The van der Waals surface area contributed by atoms with E-state index in [9.17, 15) is 12.8 Å². The van der Waals surface area contributed by atoms with Crippen LogP contribution in [0.1, 0.15) is 12.8 Å². The van der Waals surface area contributed by atoms with Crippen molar-refractivity contribution in [2.45, 2.75) is 18.9 Å². The number of ether oxygens (including phenoxy) is 2. The molecule has 9 nitrogen and oxygen atoms in total. The van der Waals surface area contributed by atoms with Crippen molar-refractivity contribution in [2.24, 2.45) is 0 Å². The highest BCUT2D eigenvalue weighted by Crippen LogP contribution is 2.36. The predicted octanol–water partition coefficient (Wildman–Crippen LogP) is 3.82. The molecule has 0 spiro atoms. The molecule has 34 heavy (non-hydrogen) atoms. The van der Waals surface area contributed by atoms with Crippen molar-refractivity contribution in [3.63, 3.8) is 0 Å². The minimum absolute atomic E-state index is 0.00308. The van der Waals surface area contributed by atoms with Crippen LogP contribution in [-0.2, 0) is 10.2 Å². The summed E-state index contributed by atoms with van der Waals surface area (Å²) in [5.41, 5.74) is 1.20. The minimum atomic E-state index is -3.45. The van der Waals surface area contributed by atoms with Crippen molar-refractivity contribution in [3.05, 3.63) is 47.5 Å². The van der Waals surface area contributed by atoms with Crippen molar-refractivity contribution in [1.82, 2.24) is 18.6 Å². The molecule has 1 aliphatic heterocycles. The SMILES string of the molecule is COc1cc2ncnc(Nc3ccc(F)c(Cl)c3)c2cc1OC1CCN(S(=O)(=O)N(C)C)CC1. The van der Waals surface area contributed by atoms with Gasteiger partial charge in [-0.25, -0.2) is 14.4 Å². The van der Waals surface area contributed by atoms with Crippen LogP contribution in [0.4, 0.5) is 15.9 Å². The van der Waals surface area contributed by atoms with E-state index in [4.69, 9.17) is 21.1 Å². The third kappa shape index (κ3) is 5.02. The van der Waals surface area contributed by atoms with Crippen LogP contribution in [0.5, 0.6) is 11.5 Å². The van der Waals surface area contributed by atoms with Gasteiger partial charge in [-0.3, -0.25) is 0 Å². The van der Waals surface area contributed by atoms with Crippen molar-refractivity contribution in [2.75, 3.05) is 39.6 Å². The van der Waals surface area contributed by atoms with Gasteiger partial charge in [0.15, 0.2) is 11.5 Å². The van der Waals surface area contributed by atoms with Crippen molar-refractivity contribution >= 4 is 44.2 Å². The van der Waals surface area contributed by atoms with E-state index in [1.807, 2.05) is 0 Å². The summed E-state index contributed by atoms with van der Waals surface area (Å²) in [5, 5.41) is 3.81. The standard InChI is InChI=1S/C22H25ClFN5O4S/c1-28(2)34(30,31)29-8-6-15(7-9-29)33-21-11-16-19(12-20(21)32-3)25-13-26-22(16)27-14-4-5-18(24)17(23)10-14/h4-5,10-13,15H,6-9H2,1-3H3,(H,25,26,27). The summed E-state index contributed by atoms with van der Waals surface area (Å²) in [7, 11) is 1.13. The Morgan fingerprint density at radius 3 is 2.53 bits per heavy atom. The van der Waals surface area contributed by atoms with E-state index in [1.165, 1.54) is 41.2 Å². The first-order chi connectivity index (χ1) is 16.2. The zero-order chi connectivity index (χ0) is 24.5. The summed E-state index contributed by atoms with van der Waals surface area (Å²) in [6, 6.07) is 7.84. The molecule has 4 rings (SSSR count). The van der Waals surface area contributed by atoms with E-state index in [2.05, 4.69) is 15.3 Å². The van der Waals surface area contributed by atoms with Crippen LogP contribution in [0.2, 0.25) is 5.02 Å². The molecule has 1 aliphatic rings. The average molecular weight is 510 g/mol. The number of methoxy groups -OCH3 is 1. The molecule has 0 bridgehead atoms. The maximum Gasteiger partial charge on any atom is 0.281 e. The molecule has 3 aromatic rings. The number of rotatable bonds is 7. The molecule has 0 atom stereocenters.